The lowest BCUT2D eigenvalue weighted by Crippen LogP contribution is -2.04. The summed E-state index contributed by atoms with van der Waals surface area (Å²) in [7, 11) is 0. The quantitative estimate of drug-likeness (QED) is 0.888. The summed E-state index contributed by atoms with van der Waals surface area (Å²) in [6, 6.07) is 6.42. The van der Waals surface area contributed by atoms with Crippen molar-refractivity contribution >= 4 is 0 Å². The summed E-state index contributed by atoms with van der Waals surface area (Å²) in [5, 5.41) is 10.3. The second-order valence-electron chi connectivity index (χ2n) is 4.41. The zero-order valence-corrected chi connectivity index (χ0v) is 12.0. The zero-order chi connectivity index (χ0) is 15.2. The van der Waals surface area contributed by atoms with Crippen molar-refractivity contribution in [1.29, 1.82) is 0 Å². The minimum absolute atomic E-state index is 0.390. The van der Waals surface area contributed by atoms with Crippen molar-refractivity contribution in [2.45, 2.75) is 20.0 Å². The lowest BCUT2D eigenvalue weighted by Gasteiger charge is -2.15. The highest BCUT2D eigenvalue weighted by molar-refractivity contribution is 5.45. The number of benzene rings is 1. The Bertz CT molecular complexity index is 604. The van der Waals surface area contributed by atoms with Crippen LogP contribution >= 0.6 is 0 Å². The molecule has 4 nitrogen and oxygen atoms in total. The van der Waals surface area contributed by atoms with E-state index in [1.807, 2.05) is 13.8 Å². The maximum Gasteiger partial charge on any atom is 0.161 e. The van der Waals surface area contributed by atoms with Crippen LogP contribution in [0.3, 0.4) is 0 Å². The molecule has 1 aromatic heterocycles. The van der Waals surface area contributed by atoms with E-state index in [0.29, 0.717) is 35.8 Å². The Labute approximate surface area is 123 Å². The molecule has 2 aromatic rings. The van der Waals surface area contributed by atoms with Gasteiger partial charge in [0.1, 0.15) is 11.9 Å². The van der Waals surface area contributed by atoms with Crippen molar-refractivity contribution in [3.8, 4) is 11.5 Å². The molecule has 21 heavy (non-hydrogen) atoms. The average molecular weight is 291 g/mol. The lowest BCUT2D eigenvalue weighted by molar-refractivity contribution is 0.217. The Morgan fingerprint density at radius 1 is 1.05 bits per heavy atom. The molecule has 112 valence electrons. The van der Waals surface area contributed by atoms with Crippen molar-refractivity contribution in [2.75, 3.05) is 13.2 Å². The molecule has 1 heterocycles. The first-order chi connectivity index (χ1) is 10.2. The monoisotopic (exact) mass is 291 g/mol. The molecular weight excluding hydrogens is 273 g/mol. The fraction of sp³-hybridized carbons (Fsp3) is 0.312. The second-order valence-corrected chi connectivity index (χ2v) is 4.41. The molecule has 0 fully saturated rings. The highest BCUT2D eigenvalue weighted by Gasteiger charge is 2.15. The minimum atomic E-state index is -0.969. The van der Waals surface area contributed by atoms with E-state index < -0.39 is 11.9 Å². The van der Waals surface area contributed by atoms with Gasteiger partial charge in [0.2, 0.25) is 0 Å². The third kappa shape index (κ3) is 3.70. The van der Waals surface area contributed by atoms with Gasteiger partial charge >= 0.3 is 0 Å². The summed E-state index contributed by atoms with van der Waals surface area (Å²) < 4.78 is 24.2. The fourth-order valence-corrected chi connectivity index (χ4v) is 2.01. The summed E-state index contributed by atoms with van der Waals surface area (Å²) in [5.74, 6) is 0.690. The van der Waals surface area contributed by atoms with E-state index in [1.54, 1.807) is 18.2 Å². The molecule has 5 heteroatoms. The molecule has 0 radical (unpaired) electrons. The largest absolute Gasteiger partial charge is 0.490 e. The van der Waals surface area contributed by atoms with Crippen molar-refractivity contribution < 1.29 is 19.0 Å². The minimum Gasteiger partial charge on any atom is -0.490 e. The van der Waals surface area contributed by atoms with Crippen LogP contribution in [0.25, 0.3) is 0 Å². The van der Waals surface area contributed by atoms with Crippen LogP contribution in [0.1, 0.15) is 31.1 Å². The lowest BCUT2D eigenvalue weighted by atomic mass is 10.0. The Balaban J connectivity index is 2.32. The highest BCUT2D eigenvalue weighted by atomic mass is 19.1. The van der Waals surface area contributed by atoms with Gasteiger partial charge in [-0.25, -0.2) is 4.39 Å². The average Bonchev–Trinajstić information content (AvgIpc) is 2.49. The molecule has 0 aliphatic heterocycles. The molecule has 0 bridgehead atoms. The van der Waals surface area contributed by atoms with Gasteiger partial charge < -0.3 is 14.6 Å². The molecule has 1 unspecified atom stereocenters. The van der Waals surface area contributed by atoms with E-state index in [2.05, 4.69) is 4.98 Å². The van der Waals surface area contributed by atoms with Gasteiger partial charge in [0.05, 0.1) is 19.4 Å². The number of aliphatic hydroxyl groups is 1. The SMILES string of the molecule is CCOc1ccc(C(O)c2cncc(F)c2)cc1OCC. The van der Waals surface area contributed by atoms with E-state index in [-0.39, 0.29) is 0 Å². The van der Waals surface area contributed by atoms with Crippen LogP contribution in [-0.2, 0) is 0 Å². The molecule has 0 aliphatic carbocycles. The summed E-state index contributed by atoms with van der Waals surface area (Å²) in [4.78, 5) is 3.75. The molecule has 0 amide bonds. The number of hydrogen-bond donors (Lipinski definition) is 1. The number of aromatic nitrogens is 1. The Kier molecular flexibility index (Phi) is 5.11. The predicted molar refractivity (Wildman–Crippen MR) is 77.0 cm³/mol. The van der Waals surface area contributed by atoms with Crippen LogP contribution < -0.4 is 9.47 Å². The van der Waals surface area contributed by atoms with Gasteiger partial charge in [0, 0.05) is 11.8 Å². The molecule has 1 aromatic carbocycles. The van der Waals surface area contributed by atoms with Crippen LogP contribution in [0, 0.1) is 5.82 Å². The normalized spacial score (nSPS) is 12.0. The summed E-state index contributed by atoms with van der Waals surface area (Å²) in [6.07, 6.45) is 1.56. The van der Waals surface area contributed by atoms with Gasteiger partial charge in [0.25, 0.3) is 0 Å². The maximum absolute atomic E-state index is 13.2. The van der Waals surface area contributed by atoms with Crippen molar-refractivity contribution in [2.24, 2.45) is 0 Å². The van der Waals surface area contributed by atoms with E-state index in [1.165, 1.54) is 12.3 Å². The number of ether oxygens (including phenoxy) is 2. The first kappa shape index (κ1) is 15.3. The number of nitrogens with zero attached hydrogens (tertiary/aromatic N) is 1. The molecule has 0 saturated heterocycles. The molecule has 1 N–H and O–H groups in total. The maximum atomic E-state index is 13.2. The fourth-order valence-electron chi connectivity index (χ4n) is 2.01. The van der Waals surface area contributed by atoms with Crippen LogP contribution in [-0.4, -0.2) is 23.3 Å². The van der Waals surface area contributed by atoms with Gasteiger partial charge in [0.15, 0.2) is 11.5 Å². The summed E-state index contributed by atoms with van der Waals surface area (Å²) >= 11 is 0. The number of aliphatic hydroxyl groups excluding tert-OH is 1. The third-order valence-electron chi connectivity index (χ3n) is 2.92. The number of rotatable bonds is 6. The van der Waals surface area contributed by atoms with E-state index in [4.69, 9.17) is 9.47 Å². The van der Waals surface area contributed by atoms with Gasteiger partial charge in [-0.2, -0.15) is 0 Å². The smallest absolute Gasteiger partial charge is 0.161 e. The zero-order valence-electron chi connectivity index (χ0n) is 12.0. The highest BCUT2D eigenvalue weighted by Crippen LogP contribution is 2.32. The Hall–Kier alpha value is -2.14. The third-order valence-corrected chi connectivity index (χ3v) is 2.92. The molecule has 1 atom stereocenters. The van der Waals surface area contributed by atoms with Crippen LogP contribution in [0.4, 0.5) is 4.39 Å². The van der Waals surface area contributed by atoms with Crippen molar-refractivity contribution in [3.05, 3.63) is 53.6 Å². The van der Waals surface area contributed by atoms with Crippen LogP contribution in [0.15, 0.2) is 36.7 Å². The molecule has 0 saturated carbocycles. The van der Waals surface area contributed by atoms with Crippen molar-refractivity contribution in [3.63, 3.8) is 0 Å². The standard InChI is InChI=1S/C16H18FNO3/c1-3-20-14-6-5-11(8-15(14)21-4-2)16(19)12-7-13(17)10-18-9-12/h5-10,16,19H,3-4H2,1-2H3. The Morgan fingerprint density at radius 2 is 1.76 bits per heavy atom. The molecule has 0 spiro atoms. The summed E-state index contributed by atoms with van der Waals surface area (Å²) in [6.45, 7) is 4.77. The van der Waals surface area contributed by atoms with Gasteiger partial charge in [-0.3, -0.25) is 4.98 Å². The van der Waals surface area contributed by atoms with Crippen LogP contribution in [0.5, 0.6) is 11.5 Å². The van der Waals surface area contributed by atoms with E-state index in [9.17, 15) is 9.50 Å². The number of pyridine rings is 1. The number of halogens is 1. The molecule has 0 aliphatic rings. The first-order valence-electron chi connectivity index (χ1n) is 6.83. The van der Waals surface area contributed by atoms with E-state index in [0.717, 1.165) is 6.20 Å². The van der Waals surface area contributed by atoms with Crippen LogP contribution in [0.2, 0.25) is 0 Å². The predicted octanol–water partition coefficient (Wildman–Crippen LogP) is 3.10. The van der Waals surface area contributed by atoms with Gasteiger partial charge in [-0.05, 0) is 37.6 Å². The Morgan fingerprint density at radius 3 is 2.43 bits per heavy atom. The van der Waals surface area contributed by atoms with E-state index >= 15 is 0 Å². The molecule has 2 rings (SSSR count). The van der Waals surface area contributed by atoms with Gasteiger partial charge in [-0.1, -0.05) is 6.07 Å². The van der Waals surface area contributed by atoms with Crippen molar-refractivity contribution in [1.82, 2.24) is 4.98 Å². The van der Waals surface area contributed by atoms with Gasteiger partial charge in [-0.15, -0.1) is 0 Å². The summed E-state index contributed by atoms with van der Waals surface area (Å²) in [5.41, 5.74) is 0.982. The number of hydrogen-bond acceptors (Lipinski definition) is 4. The topological polar surface area (TPSA) is 51.6 Å². The second kappa shape index (κ2) is 7.04. The molecular formula is C16H18FNO3. The first-order valence-corrected chi connectivity index (χ1v) is 6.83.